The molecular formula is C13H13NO4. The van der Waals surface area contributed by atoms with Gasteiger partial charge in [0.2, 0.25) is 0 Å². The Bertz CT molecular complexity index is 488. The maximum absolute atomic E-state index is 10.5. The molecule has 1 atom stereocenters. The molecule has 1 saturated heterocycles. The van der Waals surface area contributed by atoms with E-state index in [1.165, 1.54) is 0 Å². The molecule has 0 unspecified atom stereocenters. The first-order valence-corrected chi connectivity index (χ1v) is 5.68. The number of benzene rings is 1. The van der Waals surface area contributed by atoms with Crippen molar-refractivity contribution < 1.29 is 19.4 Å². The van der Waals surface area contributed by atoms with E-state index in [2.05, 4.69) is 6.07 Å². The lowest BCUT2D eigenvalue weighted by Crippen LogP contribution is -2.05. The Morgan fingerprint density at radius 2 is 2.39 bits per heavy atom. The molecule has 1 aliphatic heterocycles. The molecule has 5 nitrogen and oxygen atoms in total. The van der Waals surface area contributed by atoms with Crippen molar-refractivity contribution in [2.75, 3.05) is 13.2 Å². The Kier molecular flexibility index (Phi) is 3.80. The van der Waals surface area contributed by atoms with Crippen molar-refractivity contribution >= 4 is 5.97 Å². The van der Waals surface area contributed by atoms with Gasteiger partial charge in [-0.15, -0.1) is 0 Å². The summed E-state index contributed by atoms with van der Waals surface area (Å²) in [5, 5.41) is 17.6. The minimum Gasteiger partial charge on any atom is -0.491 e. The van der Waals surface area contributed by atoms with E-state index < -0.39 is 5.97 Å². The maximum Gasteiger partial charge on any atom is 0.303 e. The predicted octanol–water partition coefficient (Wildman–Crippen LogP) is 1.35. The number of nitrogens with zero attached hydrogens (tertiary/aromatic N) is 1. The predicted molar refractivity (Wildman–Crippen MR) is 62.3 cm³/mol. The van der Waals surface area contributed by atoms with Crippen LogP contribution in [-0.2, 0) is 16.0 Å². The van der Waals surface area contributed by atoms with Gasteiger partial charge in [-0.05, 0) is 24.1 Å². The average molecular weight is 247 g/mol. The molecule has 0 aromatic heterocycles. The van der Waals surface area contributed by atoms with Crippen molar-refractivity contribution in [3.63, 3.8) is 0 Å². The number of hydrogen-bond donors (Lipinski definition) is 1. The molecule has 0 bridgehead atoms. The van der Waals surface area contributed by atoms with Crippen LogP contribution in [0.25, 0.3) is 0 Å². The molecule has 1 aromatic rings. The summed E-state index contributed by atoms with van der Waals surface area (Å²) in [6.07, 6.45) is 0.539. The number of ether oxygens (including phenoxy) is 2. The molecule has 0 amide bonds. The number of carboxylic acid groups (broad SMARTS) is 1. The Morgan fingerprint density at radius 1 is 1.61 bits per heavy atom. The van der Waals surface area contributed by atoms with Gasteiger partial charge in [-0.1, -0.05) is 6.07 Å². The fourth-order valence-electron chi connectivity index (χ4n) is 1.56. The van der Waals surface area contributed by atoms with Gasteiger partial charge in [-0.2, -0.15) is 5.26 Å². The lowest BCUT2D eigenvalue weighted by molar-refractivity contribution is -0.136. The van der Waals surface area contributed by atoms with Gasteiger partial charge in [0.05, 0.1) is 18.2 Å². The second kappa shape index (κ2) is 5.52. The van der Waals surface area contributed by atoms with Gasteiger partial charge in [0.25, 0.3) is 0 Å². The first-order valence-electron chi connectivity index (χ1n) is 5.68. The lowest BCUT2D eigenvalue weighted by atomic mass is 10.0. The summed E-state index contributed by atoms with van der Waals surface area (Å²) in [6.45, 7) is 1.21. The highest BCUT2D eigenvalue weighted by Gasteiger charge is 2.23. The lowest BCUT2D eigenvalue weighted by Gasteiger charge is -2.07. The summed E-state index contributed by atoms with van der Waals surface area (Å²) in [7, 11) is 0. The quantitative estimate of drug-likeness (QED) is 0.767. The molecule has 1 aliphatic rings. The number of rotatable bonds is 6. The van der Waals surface area contributed by atoms with Crippen LogP contribution in [0, 0.1) is 11.3 Å². The van der Waals surface area contributed by atoms with Crippen LogP contribution in [0.1, 0.15) is 17.5 Å². The van der Waals surface area contributed by atoms with Crippen LogP contribution in [0.3, 0.4) is 0 Å². The zero-order valence-corrected chi connectivity index (χ0v) is 9.76. The highest BCUT2D eigenvalue weighted by molar-refractivity contribution is 5.67. The van der Waals surface area contributed by atoms with E-state index in [-0.39, 0.29) is 12.5 Å². The summed E-state index contributed by atoms with van der Waals surface area (Å²) in [4.78, 5) is 10.5. The van der Waals surface area contributed by atoms with E-state index >= 15 is 0 Å². The van der Waals surface area contributed by atoms with Crippen molar-refractivity contribution in [2.24, 2.45) is 0 Å². The number of carbonyl (C=O) groups is 1. The fraction of sp³-hybridized carbons (Fsp3) is 0.385. The molecule has 0 spiro atoms. The number of carboxylic acids is 1. The van der Waals surface area contributed by atoms with Crippen molar-refractivity contribution in [2.45, 2.75) is 18.9 Å². The van der Waals surface area contributed by atoms with E-state index in [1.54, 1.807) is 18.2 Å². The van der Waals surface area contributed by atoms with E-state index in [1.807, 2.05) is 0 Å². The molecule has 0 saturated carbocycles. The molecule has 1 fully saturated rings. The summed E-state index contributed by atoms with van der Waals surface area (Å²) in [6, 6.07) is 7.19. The topological polar surface area (TPSA) is 82.8 Å². The van der Waals surface area contributed by atoms with Gasteiger partial charge in [0.1, 0.15) is 18.5 Å². The van der Waals surface area contributed by atoms with Crippen LogP contribution in [0.2, 0.25) is 0 Å². The smallest absolute Gasteiger partial charge is 0.303 e. The van der Waals surface area contributed by atoms with Gasteiger partial charge >= 0.3 is 5.97 Å². The van der Waals surface area contributed by atoms with Crippen LogP contribution in [0.5, 0.6) is 5.75 Å². The van der Waals surface area contributed by atoms with Crippen molar-refractivity contribution in [3.8, 4) is 11.8 Å². The van der Waals surface area contributed by atoms with E-state index in [0.717, 1.165) is 12.2 Å². The molecule has 18 heavy (non-hydrogen) atoms. The van der Waals surface area contributed by atoms with Crippen LogP contribution < -0.4 is 4.74 Å². The number of aryl methyl sites for hydroxylation is 1. The standard InChI is InChI=1S/C13H13NO4/c14-6-10-5-11(17-7-12-8-18-12)3-1-9(10)2-4-13(15)16/h1,3,5,12H,2,4,7-8H2,(H,15,16)/t12-/m0/s1. The van der Waals surface area contributed by atoms with Crippen molar-refractivity contribution in [3.05, 3.63) is 29.3 Å². The summed E-state index contributed by atoms with van der Waals surface area (Å²) < 4.78 is 10.5. The summed E-state index contributed by atoms with van der Waals surface area (Å²) in [5.41, 5.74) is 1.19. The number of nitriles is 1. The minimum absolute atomic E-state index is 0.0186. The SMILES string of the molecule is N#Cc1cc(OC[C@H]2CO2)ccc1CCC(=O)O. The maximum atomic E-state index is 10.5. The number of aliphatic carboxylic acids is 1. The third-order valence-corrected chi connectivity index (χ3v) is 2.65. The van der Waals surface area contributed by atoms with Crippen LogP contribution in [0.4, 0.5) is 0 Å². The van der Waals surface area contributed by atoms with Crippen LogP contribution in [0.15, 0.2) is 18.2 Å². The molecule has 1 aromatic carbocycles. The van der Waals surface area contributed by atoms with Crippen molar-refractivity contribution in [1.82, 2.24) is 0 Å². The van der Waals surface area contributed by atoms with Crippen LogP contribution >= 0.6 is 0 Å². The largest absolute Gasteiger partial charge is 0.491 e. The fourth-order valence-corrected chi connectivity index (χ4v) is 1.56. The zero-order chi connectivity index (χ0) is 13.0. The normalized spacial score (nSPS) is 16.9. The van der Waals surface area contributed by atoms with E-state index in [4.69, 9.17) is 19.8 Å². The van der Waals surface area contributed by atoms with E-state index in [0.29, 0.717) is 24.3 Å². The van der Waals surface area contributed by atoms with Crippen LogP contribution in [-0.4, -0.2) is 30.4 Å². The average Bonchev–Trinajstić information content (AvgIpc) is 3.18. The van der Waals surface area contributed by atoms with Gasteiger partial charge < -0.3 is 14.6 Å². The highest BCUT2D eigenvalue weighted by atomic mass is 16.6. The monoisotopic (exact) mass is 247 g/mol. The second-order valence-corrected chi connectivity index (χ2v) is 4.09. The summed E-state index contributed by atoms with van der Waals surface area (Å²) in [5.74, 6) is -0.258. The molecular weight excluding hydrogens is 234 g/mol. The highest BCUT2D eigenvalue weighted by Crippen LogP contribution is 2.20. The van der Waals surface area contributed by atoms with Gasteiger partial charge in [-0.3, -0.25) is 4.79 Å². The molecule has 94 valence electrons. The third-order valence-electron chi connectivity index (χ3n) is 2.65. The third kappa shape index (κ3) is 3.47. The Labute approximate surface area is 105 Å². The zero-order valence-electron chi connectivity index (χ0n) is 9.76. The minimum atomic E-state index is -0.870. The molecule has 2 rings (SSSR count). The molecule has 5 heteroatoms. The molecule has 1 N–H and O–H groups in total. The number of hydrogen-bond acceptors (Lipinski definition) is 4. The summed E-state index contributed by atoms with van der Waals surface area (Å²) >= 11 is 0. The molecule has 0 radical (unpaired) electrons. The Morgan fingerprint density at radius 3 is 3.00 bits per heavy atom. The first kappa shape index (κ1) is 12.4. The van der Waals surface area contributed by atoms with E-state index in [9.17, 15) is 4.79 Å². The first-order chi connectivity index (χ1) is 8.69. The molecule has 1 heterocycles. The van der Waals surface area contributed by atoms with Gasteiger partial charge in [0.15, 0.2) is 0 Å². The van der Waals surface area contributed by atoms with Gasteiger partial charge in [0, 0.05) is 6.42 Å². The second-order valence-electron chi connectivity index (χ2n) is 4.09. The van der Waals surface area contributed by atoms with Crippen molar-refractivity contribution in [1.29, 1.82) is 5.26 Å². The molecule has 0 aliphatic carbocycles. The van der Waals surface area contributed by atoms with Gasteiger partial charge in [-0.25, -0.2) is 0 Å². The number of epoxide rings is 1. The Hall–Kier alpha value is -2.06. The Balaban J connectivity index is 2.02.